The second-order valence-electron chi connectivity index (χ2n) is 4.03. The lowest BCUT2D eigenvalue weighted by Crippen LogP contribution is -2.31. The van der Waals surface area contributed by atoms with Crippen LogP contribution in [0.4, 0.5) is 5.69 Å². The molecule has 0 spiro atoms. The molecule has 0 aromatic carbocycles. The van der Waals surface area contributed by atoms with E-state index in [2.05, 4.69) is 4.98 Å². The largest absolute Gasteiger partial charge is 0.397 e. The van der Waals surface area contributed by atoms with Gasteiger partial charge >= 0.3 is 0 Å². The Morgan fingerprint density at radius 3 is 2.67 bits per heavy atom. The number of fused-ring (bicyclic) bond motifs is 1. The lowest BCUT2D eigenvalue weighted by atomic mass is 10.1. The first-order chi connectivity index (χ1) is 8.47. The van der Waals surface area contributed by atoms with Crippen molar-refractivity contribution < 1.29 is 4.79 Å². The molecule has 2 aromatic rings. The van der Waals surface area contributed by atoms with E-state index in [1.807, 2.05) is 6.92 Å². The monoisotopic (exact) mass is 246 g/mol. The number of anilines is 1. The van der Waals surface area contributed by atoms with Crippen LogP contribution >= 0.6 is 0 Å². The topological polar surface area (TPSA) is 104 Å². The highest BCUT2D eigenvalue weighted by molar-refractivity contribution is 6.04. The molecule has 0 unspecified atom stereocenters. The standard InChI is InChI=1S/C12H14N4O2/c1-3-16-11-7(5-4-6(2)15-11)9(13)8(10(14)17)12(16)18/h4-5H,3,13H2,1-2H3,(H2,14,17). The number of hydrogen-bond donors (Lipinski definition) is 2. The summed E-state index contributed by atoms with van der Waals surface area (Å²) in [7, 11) is 0. The van der Waals surface area contributed by atoms with Gasteiger partial charge in [-0.15, -0.1) is 0 Å². The van der Waals surface area contributed by atoms with Crippen LogP contribution in [0.1, 0.15) is 23.0 Å². The molecule has 94 valence electrons. The minimum atomic E-state index is -0.817. The van der Waals surface area contributed by atoms with Crippen LogP contribution in [-0.4, -0.2) is 15.5 Å². The number of hydrogen-bond acceptors (Lipinski definition) is 4. The highest BCUT2D eigenvalue weighted by Gasteiger charge is 2.18. The van der Waals surface area contributed by atoms with Crippen LogP contribution in [0.5, 0.6) is 0 Å². The predicted octanol–water partition coefficient (Wildman–Crippen LogP) is 0.406. The van der Waals surface area contributed by atoms with E-state index in [-0.39, 0.29) is 11.3 Å². The molecule has 18 heavy (non-hydrogen) atoms. The number of aromatic nitrogens is 2. The summed E-state index contributed by atoms with van der Waals surface area (Å²) in [6.07, 6.45) is 0. The molecular weight excluding hydrogens is 232 g/mol. The van der Waals surface area contributed by atoms with E-state index >= 15 is 0 Å². The second-order valence-corrected chi connectivity index (χ2v) is 4.03. The van der Waals surface area contributed by atoms with Gasteiger partial charge in [-0.2, -0.15) is 0 Å². The molecule has 2 heterocycles. The van der Waals surface area contributed by atoms with E-state index in [1.54, 1.807) is 19.1 Å². The zero-order valence-electron chi connectivity index (χ0n) is 10.2. The highest BCUT2D eigenvalue weighted by Crippen LogP contribution is 2.21. The van der Waals surface area contributed by atoms with Crippen LogP contribution in [0.15, 0.2) is 16.9 Å². The van der Waals surface area contributed by atoms with E-state index in [0.29, 0.717) is 17.6 Å². The van der Waals surface area contributed by atoms with Gasteiger partial charge in [0.15, 0.2) is 0 Å². The molecule has 0 aliphatic carbocycles. The Kier molecular flexibility index (Phi) is 2.78. The van der Waals surface area contributed by atoms with Crippen molar-refractivity contribution in [1.29, 1.82) is 0 Å². The third-order valence-corrected chi connectivity index (χ3v) is 2.85. The maximum atomic E-state index is 12.1. The number of rotatable bonds is 2. The maximum Gasteiger partial charge on any atom is 0.267 e. The van der Waals surface area contributed by atoms with Crippen LogP contribution in [0.25, 0.3) is 11.0 Å². The van der Waals surface area contributed by atoms with Crippen molar-refractivity contribution in [3.8, 4) is 0 Å². The van der Waals surface area contributed by atoms with Crippen molar-refractivity contribution in [3.63, 3.8) is 0 Å². The molecule has 6 nitrogen and oxygen atoms in total. The summed E-state index contributed by atoms with van der Waals surface area (Å²) in [4.78, 5) is 27.8. The quantitative estimate of drug-likeness (QED) is 0.800. The Bertz CT molecular complexity index is 703. The molecule has 4 N–H and O–H groups in total. The van der Waals surface area contributed by atoms with Crippen molar-refractivity contribution >= 4 is 22.6 Å². The first-order valence-electron chi connectivity index (χ1n) is 5.56. The van der Waals surface area contributed by atoms with Crippen LogP contribution in [0, 0.1) is 6.92 Å². The Labute approximate surface area is 103 Å². The van der Waals surface area contributed by atoms with Gasteiger partial charge in [0.25, 0.3) is 11.5 Å². The number of carbonyl (C=O) groups is 1. The number of carbonyl (C=O) groups excluding carboxylic acids is 1. The van der Waals surface area contributed by atoms with Gasteiger partial charge in [0.1, 0.15) is 11.2 Å². The van der Waals surface area contributed by atoms with Crippen molar-refractivity contribution in [2.24, 2.45) is 5.73 Å². The molecule has 0 fully saturated rings. The number of primary amides is 1. The summed E-state index contributed by atoms with van der Waals surface area (Å²) in [5, 5.41) is 0.566. The van der Waals surface area contributed by atoms with Crippen LogP contribution in [0.3, 0.4) is 0 Å². The Morgan fingerprint density at radius 1 is 1.44 bits per heavy atom. The van der Waals surface area contributed by atoms with Gasteiger partial charge in [-0.05, 0) is 26.0 Å². The molecule has 6 heteroatoms. The maximum absolute atomic E-state index is 12.1. The molecule has 0 saturated heterocycles. The summed E-state index contributed by atoms with van der Waals surface area (Å²) in [5.74, 6) is -0.817. The fourth-order valence-corrected chi connectivity index (χ4v) is 1.97. The highest BCUT2D eigenvalue weighted by atomic mass is 16.2. The number of amides is 1. The lowest BCUT2D eigenvalue weighted by molar-refractivity contribution is 0.0999. The summed E-state index contributed by atoms with van der Waals surface area (Å²) in [5.41, 5.74) is 11.7. The van der Waals surface area contributed by atoms with Crippen molar-refractivity contribution in [3.05, 3.63) is 33.7 Å². The Balaban J connectivity index is 3.05. The molecule has 1 amide bonds. The van der Waals surface area contributed by atoms with Gasteiger partial charge in [0.2, 0.25) is 0 Å². The van der Waals surface area contributed by atoms with Crippen molar-refractivity contribution in [1.82, 2.24) is 9.55 Å². The fraction of sp³-hybridized carbons (Fsp3) is 0.250. The molecule has 0 aliphatic rings. The lowest BCUT2D eigenvalue weighted by Gasteiger charge is -2.12. The van der Waals surface area contributed by atoms with Crippen LogP contribution in [-0.2, 0) is 6.54 Å². The van der Waals surface area contributed by atoms with E-state index in [9.17, 15) is 9.59 Å². The fourth-order valence-electron chi connectivity index (χ4n) is 1.97. The smallest absolute Gasteiger partial charge is 0.267 e. The first kappa shape index (κ1) is 12.1. The van der Waals surface area contributed by atoms with Crippen molar-refractivity contribution in [2.45, 2.75) is 20.4 Å². The van der Waals surface area contributed by atoms with E-state index < -0.39 is 11.5 Å². The van der Waals surface area contributed by atoms with Crippen LogP contribution < -0.4 is 17.0 Å². The zero-order chi connectivity index (χ0) is 13.4. The average molecular weight is 246 g/mol. The van der Waals surface area contributed by atoms with Crippen LogP contribution in [0.2, 0.25) is 0 Å². The van der Waals surface area contributed by atoms with Gasteiger partial charge in [0.05, 0.1) is 5.69 Å². The summed E-state index contributed by atoms with van der Waals surface area (Å²) < 4.78 is 1.40. The molecule has 0 radical (unpaired) electrons. The van der Waals surface area contributed by atoms with Crippen molar-refractivity contribution in [2.75, 3.05) is 5.73 Å². The summed E-state index contributed by atoms with van der Waals surface area (Å²) in [6, 6.07) is 3.51. The van der Waals surface area contributed by atoms with Gasteiger partial charge in [-0.3, -0.25) is 14.2 Å². The number of pyridine rings is 2. The van der Waals surface area contributed by atoms with E-state index in [0.717, 1.165) is 5.69 Å². The van der Waals surface area contributed by atoms with Gasteiger partial charge in [0, 0.05) is 17.6 Å². The molecule has 0 atom stereocenters. The number of nitrogens with zero attached hydrogens (tertiary/aromatic N) is 2. The normalized spacial score (nSPS) is 10.8. The first-order valence-corrected chi connectivity index (χ1v) is 5.56. The molecular formula is C12H14N4O2. The van der Waals surface area contributed by atoms with Gasteiger partial charge in [-0.1, -0.05) is 0 Å². The molecule has 0 saturated carbocycles. The predicted molar refractivity (Wildman–Crippen MR) is 69.3 cm³/mol. The minimum absolute atomic E-state index is 0.0969. The molecule has 0 aliphatic heterocycles. The molecule has 2 aromatic heterocycles. The second kappa shape index (κ2) is 4.14. The number of nitrogen functional groups attached to an aromatic ring is 1. The van der Waals surface area contributed by atoms with Gasteiger partial charge < -0.3 is 11.5 Å². The van der Waals surface area contributed by atoms with E-state index in [1.165, 1.54) is 4.57 Å². The molecule has 0 bridgehead atoms. The SMILES string of the molecule is CCn1c(=O)c(C(N)=O)c(N)c2ccc(C)nc21. The zero-order valence-corrected chi connectivity index (χ0v) is 10.2. The van der Waals surface area contributed by atoms with E-state index in [4.69, 9.17) is 11.5 Å². The number of nitrogens with two attached hydrogens (primary N) is 2. The third-order valence-electron chi connectivity index (χ3n) is 2.85. The number of aryl methyl sites for hydroxylation is 2. The Hall–Kier alpha value is -2.37. The minimum Gasteiger partial charge on any atom is -0.397 e. The van der Waals surface area contributed by atoms with Gasteiger partial charge in [-0.25, -0.2) is 4.98 Å². The average Bonchev–Trinajstić information content (AvgIpc) is 2.28. The Morgan fingerprint density at radius 2 is 2.11 bits per heavy atom. The summed E-state index contributed by atoms with van der Waals surface area (Å²) >= 11 is 0. The summed E-state index contributed by atoms with van der Waals surface area (Å²) in [6.45, 7) is 4.01. The molecule has 2 rings (SSSR count). The third kappa shape index (κ3) is 1.62.